The molecular formula is C23H27N5OS. The summed E-state index contributed by atoms with van der Waals surface area (Å²) in [6.07, 6.45) is 0. The number of hydrogen-bond acceptors (Lipinski definition) is 5. The molecule has 0 N–H and O–H groups in total. The quantitative estimate of drug-likeness (QED) is 0.460. The summed E-state index contributed by atoms with van der Waals surface area (Å²) in [6, 6.07) is 16.1. The Morgan fingerprint density at radius 1 is 1.00 bits per heavy atom. The van der Waals surface area contributed by atoms with Crippen LogP contribution in [0.4, 0.5) is 5.69 Å². The average Bonchev–Trinajstić information content (AvgIpc) is 3.02. The number of Topliss-reactive ketones (excluding diaryl/α,β-unsaturated/α-hetero) is 1. The lowest BCUT2D eigenvalue weighted by molar-refractivity contribution is 0.101. The van der Waals surface area contributed by atoms with Crippen LogP contribution in [0.25, 0.3) is 5.69 Å². The first kappa shape index (κ1) is 20.5. The van der Waals surface area contributed by atoms with Crippen LogP contribution in [0.2, 0.25) is 0 Å². The third kappa shape index (κ3) is 4.08. The molecule has 7 heteroatoms. The SMILES string of the molecule is CC(=O)c1ccc(N2CCN(Cn3nc(C)n(-c4ccccc4C)c3=S)CC2)cc1. The van der Waals surface area contributed by atoms with Crippen LogP contribution in [0, 0.1) is 18.6 Å². The van der Waals surface area contributed by atoms with E-state index in [-0.39, 0.29) is 5.78 Å². The third-order valence-corrected chi connectivity index (χ3v) is 6.10. The monoisotopic (exact) mass is 421 g/mol. The van der Waals surface area contributed by atoms with Gasteiger partial charge in [0, 0.05) is 37.4 Å². The third-order valence-electron chi connectivity index (χ3n) is 5.70. The molecule has 0 bridgehead atoms. The molecule has 156 valence electrons. The van der Waals surface area contributed by atoms with Crippen LogP contribution in [0.1, 0.15) is 28.7 Å². The Kier molecular flexibility index (Phi) is 5.83. The predicted molar refractivity (Wildman–Crippen MR) is 122 cm³/mol. The number of aromatic nitrogens is 3. The molecule has 30 heavy (non-hydrogen) atoms. The highest BCUT2D eigenvalue weighted by atomic mass is 32.1. The van der Waals surface area contributed by atoms with Crippen LogP contribution in [0.5, 0.6) is 0 Å². The Labute approximate surface area is 182 Å². The van der Waals surface area contributed by atoms with Gasteiger partial charge in [-0.25, -0.2) is 4.68 Å². The number of piperazine rings is 1. The van der Waals surface area contributed by atoms with E-state index in [1.54, 1.807) is 6.92 Å². The van der Waals surface area contributed by atoms with Crippen molar-refractivity contribution in [2.75, 3.05) is 31.1 Å². The van der Waals surface area contributed by atoms with E-state index < -0.39 is 0 Å². The van der Waals surface area contributed by atoms with E-state index in [1.165, 1.54) is 5.56 Å². The standard InChI is InChI=1S/C23H27N5OS/c1-17-6-4-5-7-22(17)28-19(3)24-27(23(28)30)16-25-12-14-26(15-13-25)21-10-8-20(9-11-21)18(2)29/h4-11H,12-16H2,1-3H3. The minimum Gasteiger partial charge on any atom is -0.369 e. The zero-order valence-corrected chi connectivity index (χ0v) is 18.5. The van der Waals surface area contributed by atoms with Gasteiger partial charge in [-0.3, -0.25) is 14.3 Å². The van der Waals surface area contributed by atoms with Crippen LogP contribution in [-0.4, -0.2) is 51.2 Å². The number of benzene rings is 2. The van der Waals surface area contributed by atoms with E-state index in [9.17, 15) is 4.79 Å². The maximum absolute atomic E-state index is 11.5. The summed E-state index contributed by atoms with van der Waals surface area (Å²) in [7, 11) is 0. The number of anilines is 1. The van der Waals surface area contributed by atoms with Crippen molar-refractivity contribution in [1.82, 2.24) is 19.2 Å². The number of carbonyl (C=O) groups is 1. The largest absolute Gasteiger partial charge is 0.369 e. The zero-order chi connectivity index (χ0) is 21.3. The molecule has 0 amide bonds. The molecule has 0 spiro atoms. The first-order chi connectivity index (χ1) is 14.4. The fourth-order valence-corrected chi connectivity index (χ4v) is 4.27. The molecule has 4 rings (SSSR count). The van der Waals surface area contributed by atoms with Crippen LogP contribution in [-0.2, 0) is 6.67 Å². The topological polar surface area (TPSA) is 46.3 Å². The van der Waals surface area contributed by atoms with Crippen LogP contribution >= 0.6 is 12.2 Å². The van der Waals surface area contributed by atoms with Crippen molar-refractivity contribution < 1.29 is 4.79 Å². The van der Waals surface area contributed by atoms with Gasteiger partial charge < -0.3 is 4.90 Å². The Balaban J connectivity index is 1.43. The summed E-state index contributed by atoms with van der Waals surface area (Å²) < 4.78 is 4.70. The van der Waals surface area contributed by atoms with Crippen LogP contribution < -0.4 is 4.90 Å². The number of aryl methyl sites for hydroxylation is 2. The van der Waals surface area contributed by atoms with Crippen molar-refractivity contribution in [2.45, 2.75) is 27.4 Å². The number of hydrogen-bond donors (Lipinski definition) is 0. The second-order valence-corrected chi connectivity index (χ2v) is 8.17. The molecule has 1 saturated heterocycles. The fraction of sp³-hybridized carbons (Fsp3) is 0.348. The first-order valence-electron chi connectivity index (χ1n) is 10.2. The normalized spacial score (nSPS) is 14.8. The van der Waals surface area contributed by atoms with Gasteiger partial charge in [0.25, 0.3) is 0 Å². The van der Waals surface area contributed by atoms with E-state index in [4.69, 9.17) is 17.3 Å². The Morgan fingerprint density at radius 3 is 2.30 bits per heavy atom. The van der Waals surface area contributed by atoms with Crippen LogP contribution in [0.3, 0.4) is 0 Å². The minimum atomic E-state index is 0.100. The van der Waals surface area contributed by atoms with Crippen molar-refractivity contribution in [3.8, 4) is 5.69 Å². The Hall–Kier alpha value is -2.77. The Morgan fingerprint density at radius 2 is 1.67 bits per heavy atom. The van der Waals surface area contributed by atoms with Crippen molar-refractivity contribution in [3.63, 3.8) is 0 Å². The fourth-order valence-electron chi connectivity index (χ4n) is 3.94. The summed E-state index contributed by atoms with van der Waals surface area (Å²) in [6.45, 7) is 10.1. The zero-order valence-electron chi connectivity index (χ0n) is 17.7. The van der Waals surface area contributed by atoms with E-state index in [2.05, 4.69) is 33.4 Å². The molecule has 1 aliphatic heterocycles. The molecular weight excluding hydrogens is 394 g/mol. The van der Waals surface area contributed by atoms with E-state index in [0.717, 1.165) is 53.7 Å². The molecule has 0 aliphatic carbocycles. The van der Waals surface area contributed by atoms with Gasteiger partial charge in [-0.15, -0.1) is 0 Å². The number of carbonyl (C=O) groups excluding carboxylic acids is 1. The summed E-state index contributed by atoms with van der Waals surface area (Å²) in [4.78, 5) is 16.2. The van der Waals surface area contributed by atoms with E-state index in [0.29, 0.717) is 6.67 Å². The van der Waals surface area contributed by atoms with Gasteiger partial charge in [-0.1, -0.05) is 18.2 Å². The van der Waals surface area contributed by atoms with Gasteiger partial charge >= 0.3 is 0 Å². The molecule has 1 aromatic heterocycles. The Bertz CT molecular complexity index is 1110. The summed E-state index contributed by atoms with van der Waals surface area (Å²) >= 11 is 5.75. The van der Waals surface area contributed by atoms with Gasteiger partial charge in [-0.2, -0.15) is 5.10 Å². The summed E-state index contributed by atoms with van der Waals surface area (Å²) in [5, 5.41) is 4.71. The van der Waals surface area contributed by atoms with Crippen molar-refractivity contribution in [3.05, 3.63) is 70.3 Å². The molecule has 2 aromatic carbocycles. The average molecular weight is 422 g/mol. The van der Waals surface area contributed by atoms with Crippen molar-refractivity contribution in [2.24, 2.45) is 0 Å². The van der Waals surface area contributed by atoms with E-state index in [1.807, 2.05) is 48.0 Å². The second-order valence-electron chi connectivity index (χ2n) is 7.80. The summed E-state index contributed by atoms with van der Waals surface area (Å²) in [5.41, 5.74) is 4.19. The number of para-hydroxylation sites is 1. The number of nitrogens with zero attached hydrogens (tertiary/aromatic N) is 5. The van der Waals surface area contributed by atoms with Crippen LogP contribution in [0.15, 0.2) is 48.5 Å². The maximum atomic E-state index is 11.5. The highest BCUT2D eigenvalue weighted by molar-refractivity contribution is 7.71. The second kappa shape index (κ2) is 8.53. The molecule has 3 aromatic rings. The molecule has 0 radical (unpaired) electrons. The van der Waals surface area contributed by atoms with Gasteiger partial charge in [0.2, 0.25) is 4.77 Å². The van der Waals surface area contributed by atoms with Gasteiger partial charge in [0.05, 0.1) is 12.4 Å². The van der Waals surface area contributed by atoms with Gasteiger partial charge in [-0.05, 0) is 68.9 Å². The molecule has 0 atom stereocenters. The number of ketones is 1. The van der Waals surface area contributed by atoms with Crippen molar-refractivity contribution >= 4 is 23.7 Å². The lowest BCUT2D eigenvalue weighted by atomic mass is 10.1. The maximum Gasteiger partial charge on any atom is 0.203 e. The van der Waals surface area contributed by atoms with Crippen molar-refractivity contribution in [1.29, 1.82) is 0 Å². The molecule has 0 saturated carbocycles. The summed E-state index contributed by atoms with van der Waals surface area (Å²) in [5.74, 6) is 1.00. The predicted octanol–water partition coefficient (Wildman–Crippen LogP) is 4.00. The van der Waals surface area contributed by atoms with E-state index >= 15 is 0 Å². The van der Waals surface area contributed by atoms with Gasteiger partial charge in [0.15, 0.2) is 5.78 Å². The lowest BCUT2D eigenvalue weighted by Gasteiger charge is -2.35. The smallest absolute Gasteiger partial charge is 0.203 e. The molecule has 6 nitrogen and oxygen atoms in total. The number of rotatable bonds is 5. The molecule has 1 fully saturated rings. The first-order valence-corrected chi connectivity index (χ1v) is 10.7. The lowest BCUT2D eigenvalue weighted by Crippen LogP contribution is -2.47. The molecule has 0 unspecified atom stereocenters. The minimum absolute atomic E-state index is 0.100. The molecule has 1 aliphatic rings. The highest BCUT2D eigenvalue weighted by Crippen LogP contribution is 2.19. The highest BCUT2D eigenvalue weighted by Gasteiger charge is 2.19. The van der Waals surface area contributed by atoms with Gasteiger partial charge in [0.1, 0.15) is 5.82 Å². The molecule has 2 heterocycles.